The van der Waals surface area contributed by atoms with Crippen LogP contribution in [0.2, 0.25) is 5.02 Å². The van der Waals surface area contributed by atoms with E-state index in [1.54, 1.807) is 36.4 Å². The van der Waals surface area contributed by atoms with Gasteiger partial charge in [-0.2, -0.15) is 0 Å². The molecule has 0 bridgehead atoms. The number of carbonyl (C=O) groups excluding carboxylic acids is 1. The zero-order valence-corrected chi connectivity index (χ0v) is 14.2. The molecule has 2 aromatic rings. The van der Waals surface area contributed by atoms with E-state index < -0.39 is 0 Å². The van der Waals surface area contributed by atoms with Crippen molar-refractivity contribution in [2.24, 2.45) is 11.7 Å². The number of piperidine rings is 1. The molecule has 1 amide bonds. The minimum atomic E-state index is 0.0692. The Bertz CT molecular complexity index is 695. The summed E-state index contributed by atoms with van der Waals surface area (Å²) in [7, 11) is 0. The summed E-state index contributed by atoms with van der Waals surface area (Å²) in [5, 5.41) is 0.625. The summed E-state index contributed by atoms with van der Waals surface area (Å²) >= 11 is 5.95. The van der Waals surface area contributed by atoms with Gasteiger partial charge in [0, 0.05) is 23.7 Å². The maximum Gasteiger partial charge on any atom is 0.253 e. The van der Waals surface area contributed by atoms with Crippen molar-refractivity contribution in [3.8, 4) is 11.5 Å². The second kappa shape index (κ2) is 7.69. The largest absolute Gasteiger partial charge is 0.457 e. The van der Waals surface area contributed by atoms with E-state index >= 15 is 0 Å². The Hall–Kier alpha value is -2.04. The first-order chi connectivity index (χ1) is 11.7. The first kappa shape index (κ1) is 16.8. The Morgan fingerprint density at radius 2 is 1.83 bits per heavy atom. The number of likely N-dealkylation sites (tertiary alicyclic amines) is 1. The van der Waals surface area contributed by atoms with Gasteiger partial charge < -0.3 is 15.4 Å². The highest BCUT2D eigenvalue weighted by Crippen LogP contribution is 2.25. The molecule has 0 saturated carbocycles. The molecule has 1 aliphatic heterocycles. The normalized spacial score (nSPS) is 15.3. The van der Waals surface area contributed by atoms with Gasteiger partial charge >= 0.3 is 0 Å². The maximum atomic E-state index is 12.5. The zero-order chi connectivity index (χ0) is 16.9. The highest BCUT2D eigenvalue weighted by Gasteiger charge is 2.22. The van der Waals surface area contributed by atoms with Crippen LogP contribution < -0.4 is 10.5 Å². The minimum absolute atomic E-state index is 0.0692. The van der Waals surface area contributed by atoms with E-state index in [0.29, 0.717) is 34.5 Å². The second-order valence-corrected chi connectivity index (χ2v) is 6.49. The Kier molecular flexibility index (Phi) is 5.38. The molecule has 0 radical (unpaired) electrons. The second-order valence-electron chi connectivity index (χ2n) is 6.06. The van der Waals surface area contributed by atoms with Gasteiger partial charge in [-0.25, -0.2) is 0 Å². The molecular weight excluding hydrogens is 324 g/mol. The summed E-state index contributed by atoms with van der Waals surface area (Å²) in [4.78, 5) is 14.4. The molecule has 0 aromatic heterocycles. The van der Waals surface area contributed by atoms with Crippen molar-refractivity contribution in [2.45, 2.75) is 12.8 Å². The van der Waals surface area contributed by atoms with E-state index in [0.717, 1.165) is 25.9 Å². The zero-order valence-electron chi connectivity index (χ0n) is 13.5. The molecule has 1 fully saturated rings. The third kappa shape index (κ3) is 4.08. The molecule has 5 heteroatoms. The molecule has 1 heterocycles. The summed E-state index contributed by atoms with van der Waals surface area (Å²) in [5.74, 6) is 1.96. The Morgan fingerprint density at radius 3 is 2.46 bits per heavy atom. The van der Waals surface area contributed by atoms with Crippen LogP contribution in [0.25, 0.3) is 0 Å². The molecular formula is C19H21ClN2O2. The summed E-state index contributed by atoms with van der Waals surface area (Å²) in [5.41, 5.74) is 6.38. The van der Waals surface area contributed by atoms with Gasteiger partial charge in [0.1, 0.15) is 11.5 Å². The van der Waals surface area contributed by atoms with E-state index in [9.17, 15) is 4.79 Å². The minimum Gasteiger partial charge on any atom is -0.457 e. The van der Waals surface area contributed by atoms with Crippen LogP contribution in [0.3, 0.4) is 0 Å². The summed E-state index contributed by atoms with van der Waals surface area (Å²) in [6, 6.07) is 14.4. The predicted octanol–water partition coefficient (Wildman–Crippen LogP) is 3.94. The average molecular weight is 345 g/mol. The lowest BCUT2D eigenvalue weighted by Crippen LogP contribution is -2.40. The first-order valence-corrected chi connectivity index (χ1v) is 8.56. The van der Waals surface area contributed by atoms with E-state index in [1.165, 1.54) is 0 Å². The number of nitrogens with two attached hydrogens (primary N) is 1. The fraction of sp³-hybridized carbons (Fsp3) is 0.316. The number of ether oxygens (including phenoxy) is 1. The van der Waals surface area contributed by atoms with E-state index in [-0.39, 0.29) is 5.91 Å². The van der Waals surface area contributed by atoms with Gasteiger partial charge in [-0.1, -0.05) is 17.7 Å². The van der Waals surface area contributed by atoms with Crippen LogP contribution in [-0.4, -0.2) is 30.4 Å². The number of nitrogens with zero attached hydrogens (tertiary/aromatic N) is 1. The lowest BCUT2D eigenvalue weighted by molar-refractivity contribution is 0.0693. The fourth-order valence-corrected chi connectivity index (χ4v) is 3.07. The van der Waals surface area contributed by atoms with Crippen molar-refractivity contribution in [1.29, 1.82) is 0 Å². The van der Waals surface area contributed by atoms with Crippen molar-refractivity contribution in [1.82, 2.24) is 4.90 Å². The molecule has 0 spiro atoms. The lowest BCUT2D eigenvalue weighted by Gasteiger charge is -2.31. The Balaban J connectivity index is 1.63. The van der Waals surface area contributed by atoms with Gasteiger partial charge in [0.05, 0.1) is 0 Å². The van der Waals surface area contributed by atoms with Crippen LogP contribution >= 0.6 is 11.6 Å². The van der Waals surface area contributed by atoms with Crippen molar-refractivity contribution < 1.29 is 9.53 Å². The molecule has 0 aliphatic carbocycles. The number of rotatable bonds is 4. The van der Waals surface area contributed by atoms with Crippen LogP contribution in [0.1, 0.15) is 23.2 Å². The van der Waals surface area contributed by atoms with Crippen LogP contribution in [0.4, 0.5) is 0 Å². The number of halogens is 1. The lowest BCUT2D eigenvalue weighted by atomic mass is 9.96. The number of hydrogen-bond donors (Lipinski definition) is 1. The third-order valence-electron chi connectivity index (χ3n) is 4.37. The topological polar surface area (TPSA) is 55.6 Å². The van der Waals surface area contributed by atoms with Gasteiger partial charge in [0.25, 0.3) is 5.91 Å². The van der Waals surface area contributed by atoms with Crippen LogP contribution in [0.15, 0.2) is 48.5 Å². The SMILES string of the molecule is NCC1CCN(C(=O)c2ccc(Oc3cccc(Cl)c3)cc2)CC1. The number of carbonyl (C=O) groups is 1. The molecule has 1 saturated heterocycles. The van der Waals surface area contributed by atoms with E-state index in [2.05, 4.69) is 0 Å². The van der Waals surface area contributed by atoms with Crippen LogP contribution in [0.5, 0.6) is 11.5 Å². The van der Waals surface area contributed by atoms with Crippen molar-refractivity contribution >= 4 is 17.5 Å². The Labute approximate surface area is 147 Å². The van der Waals surface area contributed by atoms with E-state index in [1.807, 2.05) is 17.0 Å². The van der Waals surface area contributed by atoms with Crippen LogP contribution in [-0.2, 0) is 0 Å². The standard InChI is InChI=1S/C19H21ClN2O2/c20-16-2-1-3-18(12-16)24-17-6-4-15(5-7-17)19(23)22-10-8-14(13-21)9-11-22/h1-7,12,14H,8-11,13,21H2. The molecule has 1 aliphatic rings. The molecule has 2 aromatic carbocycles. The highest BCUT2D eigenvalue weighted by molar-refractivity contribution is 6.30. The molecule has 4 nitrogen and oxygen atoms in total. The Morgan fingerprint density at radius 1 is 1.12 bits per heavy atom. The molecule has 3 rings (SSSR count). The van der Waals surface area contributed by atoms with Gasteiger partial charge in [-0.05, 0) is 67.8 Å². The quantitative estimate of drug-likeness (QED) is 0.913. The fourth-order valence-electron chi connectivity index (χ4n) is 2.89. The molecule has 0 unspecified atom stereocenters. The summed E-state index contributed by atoms with van der Waals surface area (Å²) < 4.78 is 5.74. The monoisotopic (exact) mass is 344 g/mol. The van der Waals surface area contributed by atoms with Gasteiger partial charge in [0.15, 0.2) is 0 Å². The maximum absolute atomic E-state index is 12.5. The van der Waals surface area contributed by atoms with Crippen LogP contribution in [0, 0.1) is 5.92 Å². The summed E-state index contributed by atoms with van der Waals surface area (Å²) in [6.45, 7) is 2.26. The molecule has 126 valence electrons. The average Bonchev–Trinajstić information content (AvgIpc) is 2.62. The summed E-state index contributed by atoms with van der Waals surface area (Å²) in [6.07, 6.45) is 1.97. The van der Waals surface area contributed by atoms with Crippen molar-refractivity contribution in [2.75, 3.05) is 19.6 Å². The highest BCUT2D eigenvalue weighted by atomic mass is 35.5. The van der Waals surface area contributed by atoms with Crippen molar-refractivity contribution in [3.63, 3.8) is 0 Å². The molecule has 24 heavy (non-hydrogen) atoms. The predicted molar refractivity (Wildman–Crippen MR) is 95.6 cm³/mol. The van der Waals surface area contributed by atoms with Gasteiger partial charge in [-0.3, -0.25) is 4.79 Å². The first-order valence-electron chi connectivity index (χ1n) is 8.18. The van der Waals surface area contributed by atoms with E-state index in [4.69, 9.17) is 22.1 Å². The third-order valence-corrected chi connectivity index (χ3v) is 4.60. The van der Waals surface area contributed by atoms with Gasteiger partial charge in [-0.15, -0.1) is 0 Å². The van der Waals surface area contributed by atoms with Gasteiger partial charge in [0.2, 0.25) is 0 Å². The number of amides is 1. The smallest absolute Gasteiger partial charge is 0.253 e. The molecule has 0 atom stereocenters. The number of hydrogen-bond acceptors (Lipinski definition) is 3. The molecule has 2 N–H and O–H groups in total. The number of benzene rings is 2. The van der Waals surface area contributed by atoms with Crippen molar-refractivity contribution in [3.05, 3.63) is 59.1 Å².